The van der Waals surface area contributed by atoms with E-state index in [1.807, 2.05) is 39.8 Å². The van der Waals surface area contributed by atoms with Gasteiger partial charge in [0, 0.05) is 44.5 Å². The van der Waals surface area contributed by atoms with Crippen molar-refractivity contribution < 1.29 is 13.5 Å². The van der Waals surface area contributed by atoms with Crippen LogP contribution >= 0.6 is 0 Å². The van der Waals surface area contributed by atoms with Crippen LogP contribution in [-0.2, 0) is 16.6 Å². The number of anilines is 1. The highest BCUT2D eigenvalue weighted by molar-refractivity contribution is 7.90. The number of aryl methyl sites for hydroxylation is 2. The molecule has 1 fully saturated rings. The monoisotopic (exact) mass is 485 g/mol. The maximum Gasteiger partial charge on any atom is 0.306 e. The summed E-state index contributed by atoms with van der Waals surface area (Å²) < 4.78 is 26.3. The van der Waals surface area contributed by atoms with Gasteiger partial charge in [-0.2, -0.15) is 5.10 Å². The lowest BCUT2D eigenvalue weighted by molar-refractivity contribution is 0.245. The predicted molar refractivity (Wildman–Crippen MR) is 132 cm³/mol. The topological polar surface area (TPSA) is 109 Å². The molecule has 0 aliphatic carbocycles. The Labute approximate surface area is 200 Å². The molecule has 9 nitrogen and oxygen atoms in total. The van der Waals surface area contributed by atoms with Gasteiger partial charge in [-0.05, 0) is 44.2 Å². The van der Waals surface area contributed by atoms with Crippen molar-refractivity contribution in [3.63, 3.8) is 0 Å². The first-order valence-electron chi connectivity index (χ1n) is 11.3. The van der Waals surface area contributed by atoms with Crippen LogP contribution in [0.25, 0.3) is 0 Å². The standard InChI is InChI=1S/C22H25N5O4S.C2H6/c1-16-3-6-19(7-4-16)32(30,31)27-10-9-18(21(28)22(27)29)15-25-11-13-26(14-12-25)20-8-5-17(2)23-24-20;1-2/h3-10,28H,11-15H2,1-2H3;1-2H3. The quantitative estimate of drug-likeness (QED) is 0.587. The summed E-state index contributed by atoms with van der Waals surface area (Å²) in [4.78, 5) is 16.9. The molecule has 3 aromatic rings. The van der Waals surface area contributed by atoms with Crippen molar-refractivity contribution in [1.82, 2.24) is 19.1 Å². The van der Waals surface area contributed by atoms with Crippen molar-refractivity contribution in [1.29, 1.82) is 0 Å². The third-order valence-electron chi connectivity index (χ3n) is 5.57. The van der Waals surface area contributed by atoms with E-state index >= 15 is 0 Å². The van der Waals surface area contributed by atoms with Crippen LogP contribution in [-0.4, -0.2) is 58.8 Å². The highest BCUT2D eigenvalue weighted by Gasteiger charge is 2.23. The van der Waals surface area contributed by atoms with Crippen molar-refractivity contribution in [2.45, 2.75) is 39.1 Å². The number of aromatic hydroxyl groups is 1. The van der Waals surface area contributed by atoms with E-state index in [1.165, 1.54) is 24.4 Å². The minimum Gasteiger partial charge on any atom is -0.503 e. The molecule has 182 valence electrons. The van der Waals surface area contributed by atoms with Crippen molar-refractivity contribution in [3.8, 4) is 5.75 Å². The molecule has 0 atom stereocenters. The molecule has 1 N–H and O–H groups in total. The van der Waals surface area contributed by atoms with Crippen LogP contribution in [0.15, 0.2) is 58.4 Å². The second kappa shape index (κ2) is 10.8. The van der Waals surface area contributed by atoms with Crippen LogP contribution in [0, 0.1) is 13.8 Å². The summed E-state index contributed by atoms with van der Waals surface area (Å²) >= 11 is 0. The van der Waals surface area contributed by atoms with Crippen LogP contribution in [0.1, 0.15) is 30.7 Å². The van der Waals surface area contributed by atoms with Crippen LogP contribution in [0.2, 0.25) is 0 Å². The SMILES string of the molecule is CC.Cc1ccc(S(=O)(=O)n2ccc(CN3CCN(c4ccc(C)nn4)CC3)c(O)c2=O)cc1. The Hall–Kier alpha value is -3.24. The van der Waals surface area contributed by atoms with Gasteiger partial charge in [0.15, 0.2) is 11.6 Å². The molecule has 0 unspecified atom stereocenters. The Bertz CT molecular complexity index is 1260. The Balaban J connectivity index is 0.00000158. The molecule has 0 bridgehead atoms. The molecule has 1 aromatic carbocycles. The van der Waals surface area contributed by atoms with E-state index in [0.717, 1.165) is 30.2 Å². The molecule has 0 spiro atoms. The third-order valence-corrected chi connectivity index (χ3v) is 7.24. The molecule has 1 aliphatic heterocycles. The maximum atomic E-state index is 12.8. The smallest absolute Gasteiger partial charge is 0.306 e. The van der Waals surface area contributed by atoms with Gasteiger partial charge in [0.2, 0.25) is 0 Å². The second-order valence-corrected chi connectivity index (χ2v) is 9.72. The van der Waals surface area contributed by atoms with Gasteiger partial charge in [0.25, 0.3) is 10.0 Å². The average molecular weight is 486 g/mol. The van der Waals surface area contributed by atoms with Crippen molar-refractivity contribution in [2.75, 3.05) is 31.1 Å². The molecule has 1 aliphatic rings. The number of piperazine rings is 1. The minimum atomic E-state index is -4.09. The summed E-state index contributed by atoms with van der Waals surface area (Å²) in [5.41, 5.74) is 1.22. The number of aromatic nitrogens is 3. The summed E-state index contributed by atoms with van der Waals surface area (Å²) in [6.45, 7) is 11.0. The molecule has 2 aromatic heterocycles. The van der Waals surface area contributed by atoms with E-state index < -0.39 is 21.3 Å². The van der Waals surface area contributed by atoms with Crippen LogP contribution in [0.5, 0.6) is 5.75 Å². The fourth-order valence-corrected chi connectivity index (χ4v) is 4.86. The lowest BCUT2D eigenvalue weighted by atomic mass is 10.2. The first-order chi connectivity index (χ1) is 16.3. The number of benzene rings is 1. The van der Waals surface area contributed by atoms with Crippen molar-refractivity contribution >= 4 is 15.8 Å². The van der Waals surface area contributed by atoms with E-state index in [0.29, 0.717) is 29.2 Å². The third kappa shape index (κ3) is 5.45. The molecular weight excluding hydrogens is 454 g/mol. The average Bonchev–Trinajstić information content (AvgIpc) is 2.84. The fourth-order valence-electron chi connectivity index (χ4n) is 3.62. The summed E-state index contributed by atoms with van der Waals surface area (Å²) in [5, 5.41) is 18.8. The van der Waals surface area contributed by atoms with Gasteiger partial charge >= 0.3 is 5.56 Å². The van der Waals surface area contributed by atoms with Crippen LogP contribution in [0.4, 0.5) is 5.82 Å². The van der Waals surface area contributed by atoms with Gasteiger partial charge in [0.05, 0.1) is 10.6 Å². The number of nitrogens with zero attached hydrogens (tertiary/aromatic N) is 5. The van der Waals surface area contributed by atoms with E-state index in [-0.39, 0.29) is 4.90 Å². The second-order valence-electron chi connectivity index (χ2n) is 7.90. The Morgan fingerprint density at radius 1 is 0.912 bits per heavy atom. The number of hydrogen-bond acceptors (Lipinski definition) is 8. The normalized spacial score (nSPS) is 14.4. The summed E-state index contributed by atoms with van der Waals surface area (Å²) in [6.07, 6.45) is 1.21. The van der Waals surface area contributed by atoms with Gasteiger partial charge in [-0.25, -0.2) is 12.4 Å². The molecular formula is C24H31N5O4S. The molecule has 1 saturated heterocycles. The molecule has 0 amide bonds. The fraction of sp³-hybridized carbons (Fsp3) is 0.375. The highest BCUT2D eigenvalue weighted by atomic mass is 32.2. The Morgan fingerprint density at radius 3 is 2.15 bits per heavy atom. The number of hydrogen-bond donors (Lipinski definition) is 1. The van der Waals surface area contributed by atoms with E-state index in [2.05, 4.69) is 20.0 Å². The molecule has 10 heteroatoms. The lowest BCUT2D eigenvalue weighted by Gasteiger charge is -2.35. The van der Waals surface area contributed by atoms with Gasteiger partial charge in [0.1, 0.15) is 0 Å². The Kier molecular flexibility index (Phi) is 8.06. The van der Waals surface area contributed by atoms with Gasteiger partial charge in [-0.15, -0.1) is 5.10 Å². The van der Waals surface area contributed by atoms with E-state index in [9.17, 15) is 18.3 Å². The largest absolute Gasteiger partial charge is 0.503 e. The van der Waals surface area contributed by atoms with Crippen LogP contribution < -0.4 is 10.5 Å². The van der Waals surface area contributed by atoms with Gasteiger partial charge in [-0.3, -0.25) is 9.69 Å². The molecule has 0 radical (unpaired) electrons. The minimum absolute atomic E-state index is 0.00678. The van der Waals surface area contributed by atoms with Gasteiger partial charge in [-0.1, -0.05) is 31.5 Å². The molecule has 3 heterocycles. The predicted octanol–water partition coefficient (Wildman–Crippen LogP) is 2.55. The van der Waals surface area contributed by atoms with Crippen molar-refractivity contribution in [2.24, 2.45) is 0 Å². The zero-order valence-corrected chi connectivity index (χ0v) is 20.8. The molecule has 4 rings (SSSR count). The Morgan fingerprint density at radius 2 is 1.56 bits per heavy atom. The number of rotatable bonds is 5. The van der Waals surface area contributed by atoms with Crippen molar-refractivity contribution in [3.05, 3.63) is 75.8 Å². The summed E-state index contributed by atoms with van der Waals surface area (Å²) in [5.74, 6) is 0.275. The first kappa shape index (κ1) is 25.4. The van der Waals surface area contributed by atoms with Gasteiger partial charge < -0.3 is 10.0 Å². The van der Waals surface area contributed by atoms with E-state index in [4.69, 9.17) is 0 Å². The zero-order chi connectivity index (χ0) is 24.9. The molecule has 0 saturated carbocycles. The zero-order valence-electron chi connectivity index (χ0n) is 20.0. The maximum absolute atomic E-state index is 12.8. The highest BCUT2D eigenvalue weighted by Crippen LogP contribution is 2.20. The van der Waals surface area contributed by atoms with Crippen LogP contribution in [0.3, 0.4) is 0 Å². The first-order valence-corrected chi connectivity index (χ1v) is 12.7. The summed E-state index contributed by atoms with van der Waals surface area (Å²) in [6, 6.07) is 11.6. The van der Waals surface area contributed by atoms with E-state index in [1.54, 1.807) is 12.1 Å². The molecule has 34 heavy (non-hydrogen) atoms. The lowest BCUT2D eigenvalue weighted by Crippen LogP contribution is -2.46. The number of pyridine rings is 1. The summed E-state index contributed by atoms with van der Waals surface area (Å²) in [7, 11) is -4.09.